The Labute approximate surface area is 98.8 Å². The van der Waals surface area contributed by atoms with Gasteiger partial charge in [0.15, 0.2) is 0 Å². The van der Waals surface area contributed by atoms with Crippen LogP contribution in [0.1, 0.15) is 0 Å². The van der Waals surface area contributed by atoms with Crippen molar-refractivity contribution in [3.8, 4) is 17.0 Å². The first kappa shape index (κ1) is 10.8. The van der Waals surface area contributed by atoms with Gasteiger partial charge in [-0.25, -0.2) is 4.98 Å². The number of methoxy groups -OCH3 is 1. The van der Waals surface area contributed by atoms with Crippen molar-refractivity contribution in [2.45, 2.75) is 0 Å². The third-order valence-corrected chi connectivity index (χ3v) is 2.62. The zero-order valence-corrected chi connectivity index (χ0v) is 9.53. The molecule has 2 aromatic rings. The average molecular weight is 235 g/mol. The largest absolute Gasteiger partial charge is 0.481 e. The van der Waals surface area contributed by atoms with Gasteiger partial charge in [-0.3, -0.25) is 0 Å². The normalized spacial score (nSPS) is 10.1. The second-order valence-electron chi connectivity index (χ2n) is 3.33. The Balaban J connectivity index is 2.38. The maximum atomic E-state index is 5.86. The lowest BCUT2D eigenvalue weighted by Gasteiger charge is -2.05. The summed E-state index contributed by atoms with van der Waals surface area (Å²) in [6.45, 7) is 0. The van der Waals surface area contributed by atoms with Gasteiger partial charge in [-0.05, 0) is 23.8 Å². The molecule has 4 heteroatoms. The van der Waals surface area contributed by atoms with E-state index in [9.17, 15) is 0 Å². The van der Waals surface area contributed by atoms with Crippen molar-refractivity contribution in [3.63, 3.8) is 0 Å². The Bertz CT molecular complexity index is 497. The summed E-state index contributed by atoms with van der Waals surface area (Å²) in [5.74, 6) is 0.589. The van der Waals surface area contributed by atoms with Crippen molar-refractivity contribution in [3.05, 3.63) is 41.6 Å². The number of nitrogens with zero attached hydrogens (tertiary/aromatic N) is 1. The van der Waals surface area contributed by atoms with Crippen molar-refractivity contribution in [1.29, 1.82) is 0 Å². The number of ether oxygens (including phenoxy) is 1. The fourth-order valence-electron chi connectivity index (χ4n) is 1.40. The van der Waals surface area contributed by atoms with Gasteiger partial charge < -0.3 is 10.5 Å². The standard InChI is InChI=1S/C12H11ClN2O/c1-16-12-5-3-9(7-15-12)8-2-4-10(13)11(14)6-8/h2-7H,14H2,1H3. The van der Waals surface area contributed by atoms with Crippen LogP contribution >= 0.6 is 11.6 Å². The first-order valence-electron chi connectivity index (χ1n) is 4.76. The van der Waals surface area contributed by atoms with Gasteiger partial charge in [0.05, 0.1) is 17.8 Å². The monoisotopic (exact) mass is 234 g/mol. The van der Waals surface area contributed by atoms with Crippen molar-refractivity contribution in [2.24, 2.45) is 0 Å². The average Bonchev–Trinajstić information content (AvgIpc) is 2.33. The Kier molecular flexibility index (Phi) is 2.97. The number of rotatable bonds is 2. The Morgan fingerprint density at radius 2 is 1.94 bits per heavy atom. The van der Waals surface area contributed by atoms with E-state index in [4.69, 9.17) is 22.1 Å². The number of nitrogen functional groups attached to an aromatic ring is 1. The second-order valence-corrected chi connectivity index (χ2v) is 3.73. The molecular formula is C12H11ClN2O. The molecule has 1 aromatic heterocycles. The molecule has 3 nitrogen and oxygen atoms in total. The van der Waals surface area contributed by atoms with Crippen LogP contribution in [-0.2, 0) is 0 Å². The fourth-order valence-corrected chi connectivity index (χ4v) is 1.51. The molecule has 0 atom stereocenters. The lowest BCUT2D eigenvalue weighted by atomic mass is 10.1. The van der Waals surface area contributed by atoms with E-state index in [1.54, 1.807) is 25.4 Å². The quantitative estimate of drug-likeness (QED) is 0.813. The van der Waals surface area contributed by atoms with Crippen LogP contribution < -0.4 is 10.5 Å². The number of aromatic nitrogens is 1. The van der Waals surface area contributed by atoms with E-state index in [0.717, 1.165) is 11.1 Å². The van der Waals surface area contributed by atoms with Crippen LogP contribution in [0, 0.1) is 0 Å². The molecule has 0 spiro atoms. The molecule has 1 aromatic carbocycles. The van der Waals surface area contributed by atoms with Crippen molar-refractivity contribution in [2.75, 3.05) is 12.8 Å². The molecular weight excluding hydrogens is 224 g/mol. The second kappa shape index (κ2) is 4.41. The van der Waals surface area contributed by atoms with Crippen molar-refractivity contribution < 1.29 is 4.74 Å². The van der Waals surface area contributed by atoms with Gasteiger partial charge in [-0.1, -0.05) is 17.7 Å². The molecule has 2 N–H and O–H groups in total. The van der Waals surface area contributed by atoms with E-state index in [-0.39, 0.29) is 0 Å². The van der Waals surface area contributed by atoms with Gasteiger partial charge in [0.25, 0.3) is 0 Å². The van der Waals surface area contributed by atoms with E-state index >= 15 is 0 Å². The maximum Gasteiger partial charge on any atom is 0.212 e. The Morgan fingerprint density at radius 1 is 1.19 bits per heavy atom. The van der Waals surface area contributed by atoms with Gasteiger partial charge in [-0.15, -0.1) is 0 Å². The van der Waals surface area contributed by atoms with E-state index in [2.05, 4.69) is 4.98 Å². The predicted molar refractivity (Wildman–Crippen MR) is 65.6 cm³/mol. The number of benzene rings is 1. The number of halogens is 1. The molecule has 0 saturated heterocycles. The van der Waals surface area contributed by atoms with Crippen LogP contribution in [-0.4, -0.2) is 12.1 Å². The summed E-state index contributed by atoms with van der Waals surface area (Å²) in [6.07, 6.45) is 1.74. The minimum Gasteiger partial charge on any atom is -0.481 e. The van der Waals surface area contributed by atoms with Crippen LogP contribution in [0.15, 0.2) is 36.5 Å². The molecule has 0 aliphatic carbocycles. The molecule has 2 rings (SSSR count). The van der Waals surface area contributed by atoms with Gasteiger partial charge in [-0.2, -0.15) is 0 Å². The molecule has 0 amide bonds. The first-order chi connectivity index (χ1) is 7.70. The minimum atomic E-state index is 0.560. The van der Waals surface area contributed by atoms with E-state index in [1.165, 1.54) is 0 Å². The molecule has 1 heterocycles. The van der Waals surface area contributed by atoms with Crippen LogP contribution in [0.4, 0.5) is 5.69 Å². The number of hydrogen-bond donors (Lipinski definition) is 1. The van der Waals surface area contributed by atoms with Gasteiger partial charge >= 0.3 is 0 Å². The summed E-state index contributed by atoms with van der Waals surface area (Å²) in [6, 6.07) is 9.24. The topological polar surface area (TPSA) is 48.1 Å². The number of pyridine rings is 1. The maximum absolute atomic E-state index is 5.86. The summed E-state index contributed by atoms with van der Waals surface area (Å²) in [5, 5.41) is 0.560. The first-order valence-corrected chi connectivity index (χ1v) is 5.14. The fraction of sp³-hybridized carbons (Fsp3) is 0.0833. The van der Waals surface area contributed by atoms with Crippen molar-refractivity contribution >= 4 is 17.3 Å². The third kappa shape index (κ3) is 2.09. The summed E-state index contributed by atoms with van der Waals surface area (Å²) >= 11 is 5.86. The SMILES string of the molecule is COc1ccc(-c2ccc(Cl)c(N)c2)cn1. The van der Waals surface area contributed by atoms with Crippen molar-refractivity contribution in [1.82, 2.24) is 4.98 Å². The zero-order chi connectivity index (χ0) is 11.5. The highest BCUT2D eigenvalue weighted by Gasteiger charge is 2.02. The molecule has 0 fully saturated rings. The van der Waals surface area contributed by atoms with Gasteiger partial charge in [0, 0.05) is 17.8 Å². The van der Waals surface area contributed by atoms with Crippen LogP contribution in [0.3, 0.4) is 0 Å². The lowest BCUT2D eigenvalue weighted by Crippen LogP contribution is -1.89. The summed E-state index contributed by atoms with van der Waals surface area (Å²) < 4.78 is 4.99. The third-order valence-electron chi connectivity index (χ3n) is 2.27. The minimum absolute atomic E-state index is 0.560. The molecule has 0 aliphatic heterocycles. The van der Waals surface area contributed by atoms with E-state index in [1.807, 2.05) is 18.2 Å². The highest BCUT2D eigenvalue weighted by molar-refractivity contribution is 6.33. The number of anilines is 1. The molecule has 0 saturated carbocycles. The predicted octanol–water partition coefficient (Wildman–Crippen LogP) is 2.99. The molecule has 16 heavy (non-hydrogen) atoms. The van der Waals surface area contributed by atoms with E-state index < -0.39 is 0 Å². The van der Waals surface area contributed by atoms with Crippen LogP contribution in [0.2, 0.25) is 5.02 Å². The molecule has 0 unspecified atom stereocenters. The summed E-state index contributed by atoms with van der Waals surface area (Å²) in [4.78, 5) is 4.13. The van der Waals surface area contributed by atoms with Gasteiger partial charge in [0.2, 0.25) is 5.88 Å². The zero-order valence-electron chi connectivity index (χ0n) is 8.77. The molecule has 82 valence electrons. The number of hydrogen-bond acceptors (Lipinski definition) is 3. The summed E-state index contributed by atoms with van der Waals surface area (Å²) in [5.41, 5.74) is 8.26. The van der Waals surface area contributed by atoms with Gasteiger partial charge in [0.1, 0.15) is 0 Å². The lowest BCUT2D eigenvalue weighted by molar-refractivity contribution is 0.398. The highest BCUT2D eigenvalue weighted by Crippen LogP contribution is 2.26. The van der Waals surface area contributed by atoms with Crippen LogP contribution in [0.5, 0.6) is 5.88 Å². The molecule has 0 aliphatic rings. The smallest absolute Gasteiger partial charge is 0.212 e. The Hall–Kier alpha value is -1.74. The summed E-state index contributed by atoms with van der Waals surface area (Å²) in [7, 11) is 1.59. The van der Waals surface area contributed by atoms with E-state index in [0.29, 0.717) is 16.6 Å². The molecule has 0 radical (unpaired) electrons. The highest BCUT2D eigenvalue weighted by atomic mass is 35.5. The molecule has 0 bridgehead atoms. The number of nitrogens with two attached hydrogens (primary N) is 1. The van der Waals surface area contributed by atoms with Crippen LogP contribution in [0.25, 0.3) is 11.1 Å². The Morgan fingerprint density at radius 3 is 2.50 bits per heavy atom.